The minimum absolute atomic E-state index is 0.0208. The summed E-state index contributed by atoms with van der Waals surface area (Å²) in [6.07, 6.45) is 0. The largest absolute Gasteiger partial charge is 0.494 e. The predicted octanol–water partition coefficient (Wildman–Crippen LogP) is 1.57. The highest BCUT2D eigenvalue weighted by molar-refractivity contribution is 5.98. The van der Waals surface area contributed by atoms with E-state index in [0.717, 1.165) is 0 Å². The van der Waals surface area contributed by atoms with E-state index in [2.05, 4.69) is 0 Å². The van der Waals surface area contributed by atoms with Crippen LogP contribution >= 0.6 is 0 Å². The molecule has 0 aliphatic heterocycles. The molecule has 0 bridgehead atoms. The predicted molar refractivity (Wildman–Crippen MR) is 56.6 cm³/mol. The second-order valence-electron chi connectivity index (χ2n) is 2.99. The van der Waals surface area contributed by atoms with Crippen molar-refractivity contribution < 1.29 is 9.66 Å². The lowest BCUT2D eigenvalue weighted by Gasteiger charge is -2.07. The number of hydrogen-bond acceptors (Lipinski definition) is 5. The first kappa shape index (κ1) is 11.0. The van der Waals surface area contributed by atoms with Crippen molar-refractivity contribution in [2.75, 3.05) is 12.8 Å². The topological polar surface area (TPSA) is 102 Å². The average molecular weight is 209 g/mol. The summed E-state index contributed by atoms with van der Waals surface area (Å²) in [5, 5.41) is 18.1. The van der Waals surface area contributed by atoms with Gasteiger partial charge in [0.15, 0.2) is 5.69 Å². The zero-order valence-electron chi connectivity index (χ0n) is 8.40. The van der Waals surface area contributed by atoms with Gasteiger partial charge in [-0.05, 0) is 13.0 Å². The van der Waals surface area contributed by atoms with Gasteiger partial charge in [0, 0.05) is 17.3 Å². The van der Waals surface area contributed by atoms with Crippen LogP contribution in [0.15, 0.2) is 12.1 Å². The van der Waals surface area contributed by atoms with Crippen LogP contribution in [0, 0.1) is 15.5 Å². The molecule has 0 spiro atoms. The second kappa shape index (κ2) is 3.95. The summed E-state index contributed by atoms with van der Waals surface area (Å²) in [6.45, 7) is 1.54. The Hall–Kier alpha value is -2.11. The molecule has 6 nitrogen and oxygen atoms in total. The standard InChI is InChI=1S/C9H11N3O3/c1-5(10)6-3-7(12(13)14)9(11)8(4-6)15-2/h3-4,10H,11H2,1-2H3. The number of nitrogens with one attached hydrogen (secondary N) is 1. The molecule has 15 heavy (non-hydrogen) atoms. The maximum atomic E-state index is 10.7. The number of ether oxygens (including phenoxy) is 1. The highest BCUT2D eigenvalue weighted by atomic mass is 16.6. The maximum Gasteiger partial charge on any atom is 0.296 e. The third-order valence-electron chi connectivity index (χ3n) is 1.97. The van der Waals surface area contributed by atoms with Gasteiger partial charge in [0.1, 0.15) is 5.75 Å². The lowest BCUT2D eigenvalue weighted by Crippen LogP contribution is -2.02. The molecule has 0 aliphatic carbocycles. The van der Waals surface area contributed by atoms with Gasteiger partial charge >= 0.3 is 0 Å². The van der Waals surface area contributed by atoms with E-state index in [1.807, 2.05) is 0 Å². The number of rotatable bonds is 3. The lowest BCUT2D eigenvalue weighted by atomic mass is 10.1. The Morgan fingerprint density at radius 2 is 2.20 bits per heavy atom. The van der Waals surface area contributed by atoms with Crippen molar-refractivity contribution in [3.8, 4) is 5.75 Å². The van der Waals surface area contributed by atoms with E-state index in [9.17, 15) is 10.1 Å². The first-order chi connectivity index (χ1) is 6.97. The van der Waals surface area contributed by atoms with Gasteiger partial charge in [-0.15, -0.1) is 0 Å². The minimum atomic E-state index is -0.593. The fourth-order valence-electron chi connectivity index (χ4n) is 1.15. The van der Waals surface area contributed by atoms with E-state index >= 15 is 0 Å². The second-order valence-corrected chi connectivity index (χ2v) is 2.99. The zero-order valence-corrected chi connectivity index (χ0v) is 8.40. The van der Waals surface area contributed by atoms with E-state index in [-0.39, 0.29) is 22.8 Å². The van der Waals surface area contributed by atoms with Crippen LogP contribution in [0.2, 0.25) is 0 Å². The Balaban J connectivity index is 3.45. The van der Waals surface area contributed by atoms with Crippen molar-refractivity contribution in [2.24, 2.45) is 0 Å². The molecule has 0 saturated heterocycles. The number of anilines is 1. The molecule has 1 aromatic carbocycles. The summed E-state index contributed by atoms with van der Waals surface area (Å²) < 4.78 is 4.90. The average Bonchev–Trinajstić information content (AvgIpc) is 2.17. The van der Waals surface area contributed by atoms with Gasteiger partial charge in [-0.3, -0.25) is 10.1 Å². The summed E-state index contributed by atoms with van der Waals surface area (Å²) in [4.78, 5) is 10.1. The number of methoxy groups -OCH3 is 1. The molecular weight excluding hydrogens is 198 g/mol. The van der Waals surface area contributed by atoms with Crippen LogP contribution in [-0.4, -0.2) is 17.7 Å². The molecule has 0 aromatic heterocycles. The quantitative estimate of drug-likeness (QED) is 0.341. The van der Waals surface area contributed by atoms with Crippen molar-refractivity contribution in [3.63, 3.8) is 0 Å². The molecule has 0 unspecified atom stereocenters. The van der Waals surface area contributed by atoms with Crippen LogP contribution in [0.3, 0.4) is 0 Å². The normalized spacial score (nSPS) is 9.73. The van der Waals surface area contributed by atoms with E-state index in [4.69, 9.17) is 15.9 Å². The van der Waals surface area contributed by atoms with Crippen LogP contribution in [0.1, 0.15) is 12.5 Å². The third kappa shape index (κ3) is 2.04. The summed E-state index contributed by atoms with van der Waals surface area (Å²) >= 11 is 0. The Kier molecular flexibility index (Phi) is 2.89. The number of hydrogen-bond donors (Lipinski definition) is 2. The fraction of sp³-hybridized carbons (Fsp3) is 0.222. The van der Waals surface area contributed by atoms with Gasteiger partial charge in [-0.2, -0.15) is 0 Å². The molecular formula is C9H11N3O3. The molecule has 0 radical (unpaired) electrons. The summed E-state index contributed by atoms with van der Waals surface area (Å²) in [5.74, 6) is 0.214. The molecule has 0 aliphatic rings. The molecule has 0 amide bonds. The van der Waals surface area contributed by atoms with Crippen molar-refractivity contribution in [1.29, 1.82) is 5.41 Å². The third-order valence-corrected chi connectivity index (χ3v) is 1.97. The number of nitrogens with zero attached hydrogens (tertiary/aromatic N) is 1. The molecule has 80 valence electrons. The van der Waals surface area contributed by atoms with Crippen LogP contribution in [-0.2, 0) is 0 Å². The van der Waals surface area contributed by atoms with E-state index in [1.54, 1.807) is 0 Å². The van der Waals surface area contributed by atoms with Crippen LogP contribution < -0.4 is 10.5 Å². The fourth-order valence-corrected chi connectivity index (χ4v) is 1.15. The van der Waals surface area contributed by atoms with Gasteiger partial charge in [0.25, 0.3) is 5.69 Å². The Morgan fingerprint density at radius 1 is 1.60 bits per heavy atom. The van der Waals surface area contributed by atoms with Crippen molar-refractivity contribution in [3.05, 3.63) is 27.8 Å². The van der Waals surface area contributed by atoms with Gasteiger partial charge in [-0.1, -0.05) is 0 Å². The molecule has 0 fully saturated rings. The first-order valence-electron chi connectivity index (χ1n) is 4.14. The highest BCUT2D eigenvalue weighted by Crippen LogP contribution is 2.32. The summed E-state index contributed by atoms with van der Waals surface area (Å²) in [5.41, 5.74) is 5.91. The van der Waals surface area contributed by atoms with Gasteiger partial charge < -0.3 is 15.9 Å². The van der Waals surface area contributed by atoms with Crippen LogP contribution in [0.4, 0.5) is 11.4 Å². The molecule has 0 heterocycles. The van der Waals surface area contributed by atoms with Gasteiger partial charge in [-0.25, -0.2) is 0 Å². The smallest absolute Gasteiger partial charge is 0.296 e. The molecule has 0 atom stereocenters. The Morgan fingerprint density at radius 3 is 2.60 bits per heavy atom. The van der Waals surface area contributed by atoms with Gasteiger partial charge in [0.05, 0.1) is 12.0 Å². The number of nitrogens with two attached hydrogens (primary N) is 1. The number of nitrogen functional groups attached to an aromatic ring is 1. The minimum Gasteiger partial charge on any atom is -0.494 e. The molecule has 0 saturated carbocycles. The molecule has 3 N–H and O–H groups in total. The maximum absolute atomic E-state index is 10.7. The van der Waals surface area contributed by atoms with Crippen molar-refractivity contribution in [2.45, 2.75) is 6.92 Å². The van der Waals surface area contributed by atoms with Crippen LogP contribution in [0.25, 0.3) is 0 Å². The monoisotopic (exact) mass is 209 g/mol. The van der Waals surface area contributed by atoms with E-state index in [1.165, 1.54) is 26.2 Å². The molecule has 6 heteroatoms. The van der Waals surface area contributed by atoms with E-state index in [0.29, 0.717) is 5.56 Å². The summed E-state index contributed by atoms with van der Waals surface area (Å²) in [7, 11) is 1.37. The summed E-state index contributed by atoms with van der Waals surface area (Å²) in [6, 6.07) is 2.77. The van der Waals surface area contributed by atoms with Crippen LogP contribution in [0.5, 0.6) is 5.75 Å². The Bertz CT molecular complexity index is 429. The highest BCUT2D eigenvalue weighted by Gasteiger charge is 2.18. The molecule has 1 rings (SSSR count). The molecule has 1 aromatic rings. The van der Waals surface area contributed by atoms with Crippen molar-refractivity contribution >= 4 is 17.1 Å². The number of nitro groups is 1. The number of nitro benzene ring substituents is 1. The van der Waals surface area contributed by atoms with E-state index < -0.39 is 4.92 Å². The van der Waals surface area contributed by atoms with Crippen molar-refractivity contribution in [1.82, 2.24) is 0 Å². The first-order valence-corrected chi connectivity index (χ1v) is 4.14. The SMILES string of the molecule is COc1cc(C(C)=N)cc([N+](=O)[O-])c1N. The van der Waals surface area contributed by atoms with Gasteiger partial charge in [0.2, 0.25) is 0 Å². The lowest BCUT2D eigenvalue weighted by molar-refractivity contribution is -0.384. The number of benzene rings is 1. The Labute approximate surface area is 86.3 Å². The zero-order chi connectivity index (χ0) is 11.6.